The number of hydrogen-bond acceptors (Lipinski definition) is 4. The van der Waals surface area contributed by atoms with Crippen molar-refractivity contribution in [1.82, 2.24) is 10.2 Å². The molecule has 0 fully saturated rings. The highest BCUT2D eigenvalue weighted by Gasteiger charge is 2.13. The van der Waals surface area contributed by atoms with Gasteiger partial charge in [-0.25, -0.2) is 0 Å². The number of nitrogens with one attached hydrogen (secondary N) is 1. The number of carbonyl (C=O) groups is 1. The summed E-state index contributed by atoms with van der Waals surface area (Å²) in [6, 6.07) is 5.19. The predicted molar refractivity (Wildman–Crippen MR) is 79.0 cm³/mol. The Bertz CT molecular complexity index is 445. The lowest BCUT2D eigenvalue weighted by Gasteiger charge is -2.21. The summed E-state index contributed by atoms with van der Waals surface area (Å²) in [7, 11) is 1.51. The fourth-order valence-electron chi connectivity index (χ4n) is 2.01. The third kappa shape index (κ3) is 4.13. The number of carbonyl (C=O) groups excluding carboxylic acids is 1. The first-order valence-electron chi connectivity index (χ1n) is 6.91. The van der Waals surface area contributed by atoms with Crippen molar-refractivity contribution in [3.8, 4) is 11.5 Å². The van der Waals surface area contributed by atoms with E-state index in [1.54, 1.807) is 17.0 Å². The van der Waals surface area contributed by atoms with Crippen LogP contribution >= 0.6 is 0 Å². The van der Waals surface area contributed by atoms with Gasteiger partial charge in [-0.15, -0.1) is 0 Å². The monoisotopic (exact) mass is 280 g/mol. The molecule has 0 heterocycles. The van der Waals surface area contributed by atoms with Gasteiger partial charge in [0.05, 0.1) is 13.7 Å². The molecule has 0 aliphatic heterocycles. The molecule has 112 valence electrons. The van der Waals surface area contributed by atoms with Crippen molar-refractivity contribution in [2.75, 3.05) is 26.7 Å². The van der Waals surface area contributed by atoms with Crippen molar-refractivity contribution in [1.29, 1.82) is 0 Å². The first kappa shape index (κ1) is 16.3. The van der Waals surface area contributed by atoms with Gasteiger partial charge in [0.1, 0.15) is 0 Å². The van der Waals surface area contributed by atoms with Gasteiger partial charge >= 0.3 is 0 Å². The minimum Gasteiger partial charge on any atom is -0.504 e. The first-order valence-corrected chi connectivity index (χ1v) is 6.91. The van der Waals surface area contributed by atoms with Crippen LogP contribution in [0.25, 0.3) is 0 Å². The second-order valence-corrected chi connectivity index (χ2v) is 4.60. The molecule has 1 rings (SSSR count). The fraction of sp³-hybridized carbons (Fsp3) is 0.533. The maximum absolute atomic E-state index is 11.9. The number of benzene rings is 1. The summed E-state index contributed by atoms with van der Waals surface area (Å²) >= 11 is 0. The van der Waals surface area contributed by atoms with E-state index in [1.165, 1.54) is 7.11 Å². The van der Waals surface area contributed by atoms with Crippen LogP contribution in [0.1, 0.15) is 32.4 Å². The van der Waals surface area contributed by atoms with Crippen LogP contribution in [0.5, 0.6) is 11.5 Å². The van der Waals surface area contributed by atoms with Crippen molar-refractivity contribution in [3.05, 3.63) is 23.8 Å². The molecule has 5 nitrogen and oxygen atoms in total. The van der Waals surface area contributed by atoms with Crippen LogP contribution < -0.4 is 10.1 Å². The zero-order chi connectivity index (χ0) is 15.1. The first-order chi connectivity index (χ1) is 9.53. The number of hydrogen-bond donors (Lipinski definition) is 2. The van der Waals surface area contributed by atoms with Crippen LogP contribution in [0.3, 0.4) is 0 Å². The minimum absolute atomic E-state index is 0.00372. The molecule has 1 atom stereocenters. The maximum Gasteiger partial charge on any atom is 0.236 e. The number of ether oxygens (including phenoxy) is 1. The molecule has 0 spiro atoms. The number of nitrogens with zero attached hydrogens (tertiary/aromatic N) is 1. The molecule has 5 heteroatoms. The van der Waals surface area contributed by atoms with Crippen LogP contribution in [0.4, 0.5) is 0 Å². The van der Waals surface area contributed by atoms with Gasteiger partial charge in [-0.1, -0.05) is 6.07 Å². The topological polar surface area (TPSA) is 61.8 Å². The Kier molecular flexibility index (Phi) is 6.31. The highest BCUT2D eigenvalue weighted by molar-refractivity contribution is 5.78. The molecular weight excluding hydrogens is 256 g/mol. The molecule has 1 amide bonds. The van der Waals surface area contributed by atoms with Gasteiger partial charge in [0, 0.05) is 19.1 Å². The molecule has 2 N–H and O–H groups in total. The van der Waals surface area contributed by atoms with Crippen molar-refractivity contribution >= 4 is 5.91 Å². The maximum atomic E-state index is 11.9. The van der Waals surface area contributed by atoms with Crippen molar-refractivity contribution in [2.24, 2.45) is 0 Å². The Labute approximate surface area is 120 Å². The van der Waals surface area contributed by atoms with Gasteiger partial charge in [0.15, 0.2) is 11.5 Å². The molecule has 0 aliphatic rings. The third-order valence-corrected chi connectivity index (χ3v) is 3.38. The van der Waals surface area contributed by atoms with Crippen LogP contribution in [0.15, 0.2) is 18.2 Å². The van der Waals surface area contributed by atoms with Crippen LogP contribution in [-0.2, 0) is 4.79 Å². The van der Waals surface area contributed by atoms with E-state index >= 15 is 0 Å². The number of phenols is 1. The van der Waals surface area contributed by atoms with E-state index in [9.17, 15) is 9.90 Å². The number of phenolic OH excluding ortho intramolecular Hbond substituents is 1. The lowest BCUT2D eigenvalue weighted by Crippen LogP contribution is -2.38. The Morgan fingerprint density at radius 1 is 1.40 bits per heavy atom. The molecule has 0 saturated carbocycles. The summed E-state index contributed by atoms with van der Waals surface area (Å²) in [6.07, 6.45) is 0. The second-order valence-electron chi connectivity index (χ2n) is 4.60. The lowest BCUT2D eigenvalue weighted by molar-refractivity contribution is -0.129. The van der Waals surface area contributed by atoms with E-state index in [0.717, 1.165) is 18.7 Å². The number of methoxy groups -OCH3 is 1. The van der Waals surface area contributed by atoms with Gasteiger partial charge in [-0.05, 0) is 38.5 Å². The third-order valence-electron chi connectivity index (χ3n) is 3.38. The molecule has 0 radical (unpaired) electrons. The summed E-state index contributed by atoms with van der Waals surface area (Å²) < 4.78 is 5.08. The molecule has 1 unspecified atom stereocenters. The van der Waals surface area contributed by atoms with Gasteiger partial charge in [0.25, 0.3) is 0 Å². The van der Waals surface area contributed by atoms with E-state index in [-0.39, 0.29) is 17.7 Å². The summed E-state index contributed by atoms with van der Waals surface area (Å²) in [5, 5.41) is 12.8. The number of aromatic hydroxyl groups is 1. The average Bonchev–Trinajstić information content (AvgIpc) is 2.46. The van der Waals surface area contributed by atoms with Crippen LogP contribution in [0, 0.1) is 0 Å². The summed E-state index contributed by atoms with van der Waals surface area (Å²) in [5.41, 5.74) is 0.965. The molecule has 0 bridgehead atoms. The zero-order valence-corrected chi connectivity index (χ0v) is 12.6. The smallest absolute Gasteiger partial charge is 0.236 e. The molecular formula is C15H24N2O3. The van der Waals surface area contributed by atoms with Gasteiger partial charge in [0.2, 0.25) is 5.91 Å². The molecule has 0 saturated heterocycles. The highest BCUT2D eigenvalue weighted by Crippen LogP contribution is 2.28. The minimum atomic E-state index is 0.00372. The van der Waals surface area contributed by atoms with E-state index in [4.69, 9.17) is 4.74 Å². The highest BCUT2D eigenvalue weighted by atomic mass is 16.5. The number of rotatable bonds is 7. The Hall–Kier alpha value is -1.75. The molecule has 0 aliphatic carbocycles. The number of likely N-dealkylation sites (N-methyl/N-ethyl adjacent to an activating group) is 1. The van der Waals surface area contributed by atoms with Crippen molar-refractivity contribution in [2.45, 2.75) is 26.8 Å². The van der Waals surface area contributed by atoms with Crippen LogP contribution in [0.2, 0.25) is 0 Å². The van der Waals surface area contributed by atoms with Crippen molar-refractivity contribution in [3.63, 3.8) is 0 Å². The SMILES string of the molecule is CCN(CC)C(=O)CNC(C)c1ccc(O)c(OC)c1. The molecule has 1 aromatic carbocycles. The normalized spacial score (nSPS) is 12.0. The zero-order valence-electron chi connectivity index (χ0n) is 12.6. The average molecular weight is 280 g/mol. The summed E-state index contributed by atoms with van der Waals surface area (Å²) in [4.78, 5) is 13.7. The number of amides is 1. The van der Waals surface area contributed by atoms with E-state index in [2.05, 4.69) is 5.32 Å². The van der Waals surface area contributed by atoms with Gasteiger partial charge in [-0.3, -0.25) is 4.79 Å². The lowest BCUT2D eigenvalue weighted by atomic mass is 10.1. The molecule has 20 heavy (non-hydrogen) atoms. The molecule has 0 aromatic heterocycles. The van der Waals surface area contributed by atoms with Gasteiger partial charge in [-0.2, -0.15) is 0 Å². The van der Waals surface area contributed by atoms with Gasteiger partial charge < -0.3 is 20.1 Å². The van der Waals surface area contributed by atoms with Crippen molar-refractivity contribution < 1.29 is 14.6 Å². The Morgan fingerprint density at radius 3 is 2.60 bits per heavy atom. The van der Waals surface area contributed by atoms with E-state index in [1.807, 2.05) is 26.8 Å². The largest absolute Gasteiger partial charge is 0.504 e. The Morgan fingerprint density at radius 2 is 2.05 bits per heavy atom. The van der Waals surface area contributed by atoms with Crippen LogP contribution in [-0.4, -0.2) is 42.7 Å². The quantitative estimate of drug-likeness (QED) is 0.801. The fourth-order valence-corrected chi connectivity index (χ4v) is 2.01. The standard InChI is InChI=1S/C15H24N2O3/c1-5-17(6-2)15(19)10-16-11(3)12-7-8-13(18)14(9-12)20-4/h7-9,11,16,18H,5-6,10H2,1-4H3. The predicted octanol–water partition coefficient (Wildman–Crippen LogP) is 1.92. The summed E-state index contributed by atoms with van der Waals surface area (Å²) in [6.45, 7) is 7.65. The summed E-state index contributed by atoms with van der Waals surface area (Å²) in [5.74, 6) is 0.640. The second kappa shape index (κ2) is 7.75. The Balaban J connectivity index is 2.63. The van der Waals surface area contributed by atoms with E-state index < -0.39 is 0 Å². The molecule has 1 aromatic rings. The van der Waals surface area contributed by atoms with E-state index in [0.29, 0.717) is 12.3 Å².